The Morgan fingerprint density at radius 3 is 2.95 bits per heavy atom. The topological polar surface area (TPSA) is 120 Å². The molecule has 0 spiro atoms. The highest BCUT2D eigenvalue weighted by Crippen LogP contribution is 2.32. The lowest BCUT2D eigenvalue weighted by Gasteiger charge is -2.13. The molecule has 8 heteroatoms. The van der Waals surface area contributed by atoms with Crippen molar-refractivity contribution in [3.05, 3.63) is 18.5 Å². The minimum absolute atomic E-state index is 0.0343. The Morgan fingerprint density at radius 2 is 2.27 bits per heavy atom. The van der Waals surface area contributed by atoms with Crippen molar-refractivity contribution < 1.29 is 14.6 Å². The van der Waals surface area contributed by atoms with E-state index in [1.54, 1.807) is 18.2 Å². The van der Waals surface area contributed by atoms with Crippen molar-refractivity contribution in [2.45, 2.75) is 6.42 Å². The number of carbonyl (C=O) groups excluding carboxylic acids is 1. The number of aliphatic hydroxyl groups is 1. The molecule has 0 atom stereocenters. The van der Waals surface area contributed by atoms with Gasteiger partial charge in [-0.1, -0.05) is 0 Å². The molecule has 8 nitrogen and oxygen atoms in total. The summed E-state index contributed by atoms with van der Waals surface area (Å²) in [5.41, 5.74) is 1.06. The Hall–Kier alpha value is -2.92. The highest BCUT2D eigenvalue weighted by molar-refractivity contribution is 5.99. The summed E-state index contributed by atoms with van der Waals surface area (Å²) < 4.78 is 5.24. The smallest absolute Gasteiger partial charge is 0.238 e. The van der Waals surface area contributed by atoms with Gasteiger partial charge in [-0.25, -0.2) is 9.97 Å². The van der Waals surface area contributed by atoms with Gasteiger partial charge in [0.15, 0.2) is 0 Å². The summed E-state index contributed by atoms with van der Waals surface area (Å²) in [5.74, 6) is 0.546. The predicted molar refractivity (Wildman–Crippen MR) is 80.5 cm³/mol. The molecule has 0 saturated heterocycles. The number of hydrogen-bond donors (Lipinski definition) is 3. The van der Waals surface area contributed by atoms with Crippen LogP contribution in [0.4, 0.5) is 11.5 Å². The Labute approximate surface area is 126 Å². The molecule has 114 valence electrons. The molecular weight excluding hydrogens is 286 g/mol. The van der Waals surface area contributed by atoms with Gasteiger partial charge in [-0.3, -0.25) is 4.79 Å². The molecule has 1 amide bonds. The number of hydrogen-bond acceptors (Lipinski definition) is 7. The molecular formula is C14H15N5O3. The molecule has 0 bridgehead atoms. The molecule has 0 radical (unpaired) electrons. The van der Waals surface area contributed by atoms with Crippen LogP contribution >= 0.6 is 0 Å². The summed E-state index contributed by atoms with van der Waals surface area (Å²) in [5, 5.41) is 23.7. The number of aromatic nitrogens is 2. The lowest BCUT2D eigenvalue weighted by atomic mass is 10.2. The van der Waals surface area contributed by atoms with E-state index >= 15 is 0 Å². The Morgan fingerprint density at radius 1 is 1.45 bits per heavy atom. The number of methoxy groups -OCH3 is 1. The van der Waals surface area contributed by atoms with Gasteiger partial charge < -0.3 is 20.5 Å². The predicted octanol–water partition coefficient (Wildman–Crippen LogP) is 0.895. The summed E-state index contributed by atoms with van der Waals surface area (Å²) in [7, 11) is 1.48. The fourth-order valence-corrected chi connectivity index (χ4v) is 1.93. The Balaban J connectivity index is 2.46. The number of nitrogens with zero attached hydrogens (tertiary/aromatic N) is 3. The molecule has 0 aliphatic heterocycles. The van der Waals surface area contributed by atoms with Crippen molar-refractivity contribution in [1.29, 1.82) is 5.26 Å². The third-order valence-electron chi connectivity index (χ3n) is 2.87. The second-order valence-corrected chi connectivity index (χ2v) is 4.33. The molecule has 0 unspecified atom stereocenters. The molecule has 3 N–H and O–H groups in total. The van der Waals surface area contributed by atoms with Gasteiger partial charge >= 0.3 is 0 Å². The van der Waals surface area contributed by atoms with Gasteiger partial charge in [0.25, 0.3) is 0 Å². The third-order valence-corrected chi connectivity index (χ3v) is 2.87. The maximum Gasteiger partial charge on any atom is 0.238 e. The van der Waals surface area contributed by atoms with Crippen molar-refractivity contribution in [2.24, 2.45) is 0 Å². The van der Waals surface area contributed by atoms with Crippen molar-refractivity contribution in [1.82, 2.24) is 9.97 Å². The quantitative estimate of drug-likeness (QED) is 0.724. The normalized spacial score (nSPS) is 10.0. The number of benzene rings is 1. The van der Waals surface area contributed by atoms with Crippen LogP contribution in [0.1, 0.15) is 6.42 Å². The molecule has 2 aromatic rings. The van der Waals surface area contributed by atoms with E-state index in [4.69, 9.17) is 15.1 Å². The van der Waals surface area contributed by atoms with Gasteiger partial charge in [0.2, 0.25) is 5.91 Å². The van der Waals surface area contributed by atoms with Crippen LogP contribution in [0.25, 0.3) is 10.9 Å². The second-order valence-electron chi connectivity index (χ2n) is 4.33. The van der Waals surface area contributed by atoms with E-state index in [1.165, 1.54) is 13.4 Å². The number of ether oxygens (including phenoxy) is 1. The van der Waals surface area contributed by atoms with Gasteiger partial charge in [-0.05, 0) is 6.07 Å². The SMILES string of the molecule is COc1cc2ncnc(NCCO)c2cc1NC(=O)CC#N. The lowest BCUT2D eigenvalue weighted by Crippen LogP contribution is -2.12. The first-order chi connectivity index (χ1) is 10.7. The summed E-state index contributed by atoms with van der Waals surface area (Å²) in [6.45, 7) is 0.307. The number of amides is 1. The number of carbonyl (C=O) groups is 1. The van der Waals surface area contributed by atoms with E-state index in [0.29, 0.717) is 34.7 Å². The average molecular weight is 301 g/mol. The highest BCUT2D eigenvalue weighted by atomic mass is 16.5. The van der Waals surface area contributed by atoms with Crippen LogP contribution in [-0.2, 0) is 4.79 Å². The molecule has 1 heterocycles. The molecule has 1 aromatic heterocycles. The van der Waals surface area contributed by atoms with Crippen molar-refractivity contribution in [3.63, 3.8) is 0 Å². The number of anilines is 2. The van der Waals surface area contributed by atoms with Gasteiger partial charge in [0.05, 0.1) is 31.0 Å². The van der Waals surface area contributed by atoms with Crippen molar-refractivity contribution in [2.75, 3.05) is 30.9 Å². The van der Waals surface area contributed by atoms with E-state index in [1.807, 2.05) is 0 Å². The van der Waals surface area contributed by atoms with Gasteiger partial charge in [0, 0.05) is 18.0 Å². The highest BCUT2D eigenvalue weighted by Gasteiger charge is 2.12. The zero-order chi connectivity index (χ0) is 15.9. The fraction of sp³-hybridized carbons (Fsp3) is 0.286. The van der Waals surface area contributed by atoms with Crippen LogP contribution in [-0.4, -0.2) is 41.2 Å². The Kier molecular flexibility index (Phi) is 5.06. The van der Waals surface area contributed by atoms with Crippen LogP contribution in [0.3, 0.4) is 0 Å². The monoisotopic (exact) mass is 301 g/mol. The molecule has 0 fully saturated rings. The lowest BCUT2D eigenvalue weighted by molar-refractivity contribution is -0.115. The molecule has 0 saturated carbocycles. The average Bonchev–Trinajstić information content (AvgIpc) is 2.52. The van der Waals surface area contributed by atoms with Crippen LogP contribution < -0.4 is 15.4 Å². The fourth-order valence-electron chi connectivity index (χ4n) is 1.93. The number of nitriles is 1. The summed E-state index contributed by atoms with van der Waals surface area (Å²) in [6, 6.07) is 5.12. The van der Waals surface area contributed by atoms with E-state index in [2.05, 4.69) is 20.6 Å². The van der Waals surface area contributed by atoms with Crippen LogP contribution in [0, 0.1) is 11.3 Å². The van der Waals surface area contributed by atoms with Crippen LogP contribution in [0.2, 0.25) is 0 Å². The number of nitrogens with one attached hydrogen (secondary N) is 2. The number of rotatable bonds is 6. The molecule has 0 aliphatic rings. The van der Waals surface area contributed by atoms with Gasteiger partial charge in [-0.2, -0.15) is 5.26 Å². The summed E-state index contributed by atoms with van der Waals surface area (Å²) in [6.07, 6.45) is 1.15. The standard InChI is InChI=1S/C14H15N5O3/c1-22-12-7-10-9(6-11(12)19-13(21)2-3-15)14(16-4-5-20)18-8-17-10/h6-8,20H,2,4-5H2,1H3,(H,19,21)(H,16,17,18). The zero-order valence-corrected chi connectivity index (χ0v) is 12.0. The Bertz CT molecular complexity index is 726. The van der Waals surface area contributed by atoms with Gasteiger partial charge in [-0.15, -0.1) is 0 Å². The number of aliphatic hydroxyl groups excluding tert-OH is 1. The molecule has 0 aliphatic carbocycles. The minimum atomic E-state index is -0.429. The minimum Gasteiger partial charge on any atom is -0.494 e. The molecule has 2 rings (SSSR count). The van der Waals surface area contributed by atoms with E-state index in [9.17, 15) is 4.79 Å². The first kappa shape index (κ1) is 15.5. The van der Waals surface area contributed by atoms with Crippen LogP contribution in [0.5, 0.6) is 5.75 Å². The first-order valence-electron chi connectivity index (χ1n) is 6.54. The number of fused-ring (bicyclic) bond motifs is 1. The summed E-state index contributed by atoms with van der Waals surface area (Å²) >= 11 is 0. The molecule has 22 heavy (non-hydrogen) atoms. The maximum absolute atomic E-state index is 11.6. The van der Waals surface area contributed by atoms with Gasteiger partial charge in [0.1, 0.15) is 24.3 Å². The van der Waals surface area contributed by atoms with Crippen molar-refractivity contribution >= 4 is 28.3 Å². The maximum atomic E-state index is 11.6. The van der Waals surface area contributed by atoms with E-state index in [-0.39, 0.29) is 13.0 Å². The first-order valence-corrected chi connectivity index (χ1v) is 6.54. The third kappa shape index (κ3) is 3.39. The largest absolute Gasteiger partial charge is 0.494 e. The van der Waals surface area contributed by atoms with Crippen molar-refractivity contribution in [3.8, 4) is 11.8 Å². The van der Waals surface area contributed by atoms with E-state index in [0.717, 1.165) is 0 Å². The zero-order valence-electron chi connectivity index (χ0n) is 12.0. The van der Waals surface area contributed by atoms with E-state index < -0.39 is 5.91 Å². The van der Waals surface area contributed by atoms with Crippen LogP contribution in [0.15, 0.2) is 18.5 Å². The second kappa shape index (κ2) is 7.19. The summed E-state index contributed by atoms with van der Waals surface area (Å²) in [4.78, 5) is 19.9. The molecule has 1 aromatic carbocycles.